The molecule has 0 saturated carbocycles. The van der Waals surface area contributed by atoms with Gasteiger partial charge in [-0.1, -0.05) is 0 Å². The van der Waals surface area contributed by atoms with Gasteiger partial charge >= 0.3 is 0 Å². The van der Waals surface area contributed by atoms with E-state index >= 15 is 0 Å². The highest BCUT2D eigenvalue weighted by Gasteiger charge is 2.04. The third-order valence-electron chi connectivity index (χ3n) is 1.50. The van der Waals surface area contributed by atoms with Crippen LogP contribution >= 0.6 is 0 Å². The molecule has 1 atom stereocenters. The molecule has 70 valence electrons. The molecule has 1 rings (SSSR count). The molecule has 0 aliphatic carbocycles. The van der Waals surface area contributed by atoms with Gasteiger partial charge < -0.3 is 10.4 Å². The fourth-order valence-corrected chi connectivity index (χ4v) is 0.846. The minimum atomic E-state index is -0.522. The first kappa shape index (κ1) is 9.67. The molecule has 13 heavy (non-hydrogen) atoms. The summed E-state index contributed by atoms with van der Waals surface area (Å²) < 4.78 is 0. The topological polar surface area (TPSA) is 62.2 Å². The van der Waals surface area contributed by atoms with E-state index < -0.39 is 6.10 Å². The Kier molecular flexibility index (Phi) is 3.40. The first-order chi connectivity index (χ1) is 6.20. The number of nitrogens with zero attached hydrogens (tertiary/aromatic N) is 1. The van der Waals surface area contributed by atoms with E-state index in [4.69, 9.17) is 5.11 Å². The lowest BCUT2D eigenvalue weighted by molar-refractivity contribution is 0.0924. The van der Waals surface area contributed by atoms with E-state index in [1.807, 2.05) is 0 Å². The van der Waals surface area contributed by atoms with Crippen molar-refractivity contribution in [3.05, 3.63) is 30.1 Å². The van der Waals surface area contributed by atoms with Crippen LogP contribution in [0.25, 0.3) is 0 Å². The molecule has 0 aromatic carbocycles. The molecule has 1 heterocycles. The van der Waals surface area contributed by atoms with Crippen LogP contribution in [0, 0.1) is 0 Å². The molecule has 0 bridgehead atoms. The molecule has 4 heteroatoms. The summed E-state index contributed by atoms with van der Waals surface area (Å²) in [5.41, 5.74) is 0.552. The summed E-state index contributed by atoms with van der Waals surface area (Å²) >= 11 is 0. The van der Waals surface area contributed by atoms with Crippen LogP contribution in [-0.4, -0.2) is 28.6 Å². The second kappa shape index (κ2) is 4.57. The lowest BCUT2D eigenvalue weighted by atomic mass is 10.2. The van der Waals surface area contributed by atoms with Crippen molar-refractivity contribution in [1.29, 1.82) is 0 Å². The number of rotatable bonds is 3. The van der Waals surface area contributed by atoms with Crippen LogP contribution in [0.2, 0.25) is 0 Å². The normalized spacial score (nSPS) is 12.2. The van der Waals surface area contributed by atoms with Crippen molar-refractivity contribution >= 4 is 5.91 Å². The van der Waals surface area contributed by atoms with Gasteiger partial charge in [-0.2, -0.15) is 0 Å². The minimum Gasteiger partial charge on any atom is -0.392 e. The van der Waals surface area contributed by atoms with Crippen molar-refractivity contribution in [3.63, 3.8) is 0 Å². The number of nitrogens with one attached hydrogen (secondary N) is 1. The highest BCUT2D eigenvalue weighted by Crippen LogP contribution is 1.95. The van der Waals surface area contributed by atoms with Crippen LogP contribution in [0.3, 0.4) is 0 Å². The number of amides is 1. The summed E-state index contributed by atoms with van der Waals surface area (Å²) in [6.07, 6.45) is 2.58. The number of aromatic nitrogens is 1. The van der Waals surface area contributed by atoms with Crippen molar-refractivity contribution in [1.82, 2.24) is 10.3 Å². The van der Waals surface area contributed by atoms with Gasteiger partial charge in [0.15, 0.2) is 0 Å². The van der Waals surface area contributed by atoms with E-state index in [0.29, 0.717) is 5.56 Å². The summed E-state index contributed by atoms with van der Waals surface area (Å²) in [6.45, 7) is 1.88. The zero-order valence-electron chi connectivity index (χ0n) is 7.40. The molecule has 1 aromatic heterocycles. The van der Waals surface area contributed by atoms with Crippen LogP contribution in [-0.2, 0) is 0 Å². The monoisotopic (exact) mass is 180 g/mol. The Bertz CT molecular complexity index is 272. The molecular formula is C9H12N2O2. The number of aliphatic hydroxyl groups is 1. The fraction of sp³-hybridized carbons (Fsp3) is 0.333. The van der Waals surface area contributed by atoms with Gasteiger partial charge in [-0.3, -0.25) is 9.78 Å². The van der Waals surface area contributed by atoms with Crippen LogP contribution in [0.1, 0.15) is 17.3 Å². The van der Waals surface area contributed by atoms with Gasteiger partial charge in [0.05, 0.1) is 6.10 Å². The Hall–Kier alpha value is -1.42. The predicted octanol–water partition coefficient (Wildman–Crippen LogP) is 0.192. The molecule has 2 N–H and O–H groups in total. The van der Waals surface area contributed by atoms with Crippen LogP contribution in [0.4, 0.5) is 0 Å². The Morgan fingerprint density at radius 2 is 2.23 bits per heavy atom. The molecule has 4 nitrogen and oxygen atoms in total. The van der Waals surface area contributed by atoms with Gasteiger partial charge in [0.2, 0.25) is 0 Å². The van der Waals surface area contributed by atoms with Gasteiger partial charge in [0, 0.05) is 24.5 Å². The maximum atomic E-state index is 11.3. The number of hydrogen-bond donors (Lipinski definition) is 2. The number of carbonyl (C=O) groups is 1. The predicted molar refractivity (Wildman–Crippen MR) is 48.3 cm³/mol. The van der Waals surface area contributed by atoms with E-state index in [9.17, 15) is 4.79 Å². The molecular weight excluding hydrogens is 168 g/mol. The van der Waals surface area contributed by atoms with Gasteiger partial charge in [0.25, 0.3) is 5.91 Å². The van der Waals surface area contributed by atoms with Gasteiger partial charge in [-0.15, -0.1) is 0 Å². The Morgan fingerprint density at radius 1 is 1.62 bits per heavy atom. The molecule has 0 aliphatic rings. The first-order valence-electron chi connectivity index (χ1n) is 4.06. The molecule has 0 aliphatic heterocycles. The van der Waals surface area contributed by atoms with Crippen molar-refractivity contribution in [2.24, 2.45) is 0 Å². The molecule has 0 radical (unpaired) electrons. The van der Waals surface area contributed by atoms with Crippen molar-refractivity contribution < 1.29 is 9.90 Å². The Morgan fingerprint density at radius 3 is 2.77 bits per heavy atom. The number of aliphatic hydroxyl groups excluding tert-OH is 1. The van der Waals surface area contributed by atoms with Gasteiger partial charge in [0.1, 0.15) is 0 Å². The SMILES string of the molecule is C[C@H](O)CNC(=O)c1ccncc1. The third kappa shape index (κ3) is 3.21. The second-order valence-electron chi connectivity index (χ2n) is 2.79. The Labute approximate surface area is 76.6 Å². The van der Waals surface area contributed by atoms with Crippen LogP contribution in [0.5, 0.6) is 0 Å². The van der Waals surface area contributed by atoms with E-state index in [-0.39, 0.29) is 12.5 Å². The first-order valence-corrected chi connectivity index (χ1v) is 4.06. The highest BCUT2D eigenvalue weighted by atomic mass is 16.3. The summed E-state index contributed by atoms with van der Waals surface area (Å²) in [7, 11) is 0. The van der Waals surface area contributed by atoms with E-state index in [2.05, 4.69) is 10.3 Å². The quantitative estimate of drug-likeness (QED) is 0.698. The zero-order valence-corrected chi connectivity index (χ0v) is 7.40. The smallest absolute Gasteiger partial charge is 0.251 e. The van der Waals surface area contributed by atoms with Crippen molar-refractivity contribution in [2.75, 3.05) is 6.54 Å². The van der Waals surface area contributed by atoms with Crippen molar-refractivity contribution in [2.45, 2.75) is 13.0 Å². The number of hydrogen-bond acceptors (Lipinski definition) is 3. The van der Waals surface area contributed by atoms with E-state index in [1.165, 1.54) is 0 Å². The van der Waals surface area contributed by atoms with Crippen molar-refractivity contribution in [3.8, 4) is 0 Å². The van der Waals surface area contributed by atoms with Gasteiger partial charge in [-0.05, 0) is 19.1 Å². The standard InChI is InChI=1S/C9H12N2O2/c1-7(12)6-11-9(13)8-2-4-10-5-3-8/h2-5,7,12H,6H2,1H3,(H,11,13)/t7-/m0/s1. The largest absolute Gasteiger partial charge is 0.392 e. The number of carbonyl (C=O) groups excluding carboxylic acids is 1. The third-order valence-corrected chi connectivity index (χ3v) is 1.50. The molecule has 0 saturated heterocycles. The van der Waals surface area contributed by atoms with Crippen LogP contribution in [0.15, 0.2) is 24.5 Å². The average Bonchev–Trinajstić information content (AvgIpc) is 2.15. The lowest BCUT2D eigenvalue weighted by Gasteiger charge is -2.06. The Balaban J connectivity index is 2.50. The molecule has 1 aromatic rings. The molecule has 0 unspecified atom stereocenters. The maximum Gasteiger partial charge on any atom is 0.251 e. The number of pyridine rings is 1. The molecule has 0 spiro atoms. The summed E-state index contributed by atoms with van der Waals surface area (Å²) in [5, 5.41) is 11.5. The molecule has 0 fully saturated rings. The zero-order chi connectivity index (χ0) is 9.68. The van der Waals surface area contributed by atoms with E-state index in [1.54, 1.807) is 31.5 Å². The van der Waals surface area contributed by atoms with Gasteiger partial charge in [-0.25, -0.2) is 0 Å². The fourth-order valence-electron chi connectivity index (χ4n) is 0.846. The second-order valence-corrected chi connectivity index (χ2v) is 2.79. The molecule has 1 amide bonds. The highest BCUT2D eigenvalue weighted by molar-refractivity contribution is 5.93. The van der Waals surface area contributed by atoms with E-state index in [0.717, 1.165) is 0 Å². The lowest BCUT2D eigenvalue weighted by Crippen LogP contribution is -2.30. The van der Waals surface area contributed by atoms with Crippen LogP contribution < -0.4 is 5.32 Å². The summed E-state index contributed by atoms with van der Waals surface area (Å²) in [5.74, 6) is -0.191. The minimum absolute atomic E-state index is 0.191. The maximum absolute atomic E-state index is 11.3. The summed E-state index contributed by atoms with van der Waals surface area (Å²) in [6, 6.07) is 3.24. The average molecular weight is 180 g/mol. The summed E-state index contributed by atoms with van der Waals surface area (Å²) in [4.78, 5) is 15.1.